The predicted molar refractivity (Wildman–Crippen MR) is 78.7 cm³/mol. The summed E-state index contributed by atoms with van der Waals surface area (Å²) < 4.78 is 0. The van der Waals surface area contributed by atoms with Crippen molar-refractivity contribution in [2.24, 2.45) is 0 Å². The maximum Gasteiger partial charge on any atom is 0.319 e. The van der Waals surface area contributed by atoms with Crippen LogP contribution < -0.4 is 10.6 Å². The molecule has 0 saturated carbocycles. The monoisotopic (exact) mass is 286 g/mol. The van der Waals surface area contributed by atoms with Crippen molar-refractivity contribution >= 4 is 23.1 Å². The normalized spacial score (nSPS) is 9.80. The number of thiazole rings is 1. The van der Waals surface area contributed by atoms with Crippen molar-refractivity contribution in [3.05, 3.63) is 45.9 Å². The Labute approximate surface area is 121 Å². The molecule has 1 heterocycles. The molecule has 6 heteroatoms. The molecule has 0 aliphatic heterocycles. The van der Waals surface area contributed by atoms with Gasteiger partial charge in [-0.3, -0.25) is 0 Å². The van der Waals surface area contributed by atoms with Gasteiger partial charge in [-0.25, -0.2) is 9.78 Å². The molecule has 2 amide bonds. The van der Waals surface area contributed by atoms with Crippen molar-refractivity contribution in [1.82, 2.24) is 10.3 Å². The minimum Gasteiger partial charge on any atom is -0.337 e. The molecule has 0 radical (unpaired) electrons. The number of nitrogens with zero attached hydrogens (tertiary/aromatic N) is 2. The van der Waals surface area contributed by atoms with Gasteiger partial charge in [0.1, 0.15) is 6.07 Å². The van der Waals surface area contributed by atoms with Crippen LogP contribution in [-0.4, -0.2) is 17.6 Å². The summed E-state index contributed by atoms with van der Waals surface area (Å²) in [4.78, 5) is 15.9. The lowest BCUT2D eigenvalue weighted by Crippen LogP contribution is -2.30. The standard InChI is InChI=1S/C14H14N4OS/c1-10-3-2-4-13(12(10)7-15)18-14(19)16-6-5-11-8-20-9-17-11/h2-4,8-9H,5-6H2,1H3,(H2,16,18,19). The Bertz CT molecular complexity index is 631. The maximum atomic E-state index is 11.8. The second kappa shape index (κ2) is 6.68. The van der Waals surface area contributed by atoms with Crippen LogP contribution in [0.1, 0.15) is 16.8 Å². The Morgan fingerprint density at radius 3 is 3.05 bits per heavy atom. The summed E-state index contributed by atoms with van der Waals surface area (Å²) in [5, 5.41) is 16.5. The number of anilines is 1. The van der Waals surface area contributed by atoms with Gasteiger partial charge in [0, 0.05) is 18.3 Å². The molecule has 2 rings (SSSR count). The van der Waals surface area contributed by atoms with Crippen molar-refractivity contribution in [2.45, 2.75) is 13.3 Å². The average molecular weight is 286 g/mol. The van der Waals surface area contributed by atoms with Crippen LogP contribution in [0.4, 0.5) is 10.5 Å². The van der Waals surface area contributed by atoms with Gasteiger partial charge in [-0.05, 0) is 18.6 Å². The fraction of sp³-hybridized carbons (Fsp3) is 0.214. The molecule has 5 nitrogen and oxygen atoms in total. The topological polar surface area (TPSA) is 77.8 Å². The van der Waals surface area contributed by atoms with Crippen molar-refractivity contribution in [3.63, 3.8) is 0 Å². The zero-order valence-electron chi connectivity index (χ0n) is 11.0. The summed E-state index contributed by atoms with van der Waals surface area (Å²) in [6.07, 6.45) is 0.690. The number of nitriles is 1. The van der Waals surface area contributed by atoms with Gasteiger partial charge in [0.05, 0.1) is 22.5 Å². The Hall–Kier alpha value is -2.39. The van der Waals surface area contributed by atoms with Crippen LogP contribution in [-0.2, 0) is 6.42 Å². The van der Waals surface area contributed by atoms with E-state index in [-0.39, 0.29) is 6.03 Å². The van der Waals surface area contributed by atoms with E-state index < -0.39 is 0 Å². The minimum atomic E-state index is -0.317. The average Bonchev–Trinajstić information content (AvgIpc) is 2.92. The Kier molecular flexibility index (Phi) is 4.69. The molecule has 0 unspecified atom stereocenters. The van der Waals surface area contributed by atoms with E-state index in [0.717, 1.165) is 11.3 Å². The molecule has 1 aromatic carbocycles. The van der Waals surface area contributed by atoms with Crippen LogP contribution in [0.25, 0.3) is 0 Å². The summed E-state index contributed by atoms with van der Waals surface area (Å²) in [6, 6.07) is 7.14. The smallest absolute Gasteiger partial charge is 0.319 e. The molecule has 0 aliphatic rings. The molecule has 2 aromatic rings. The Morgan fingerprint density at radius 2 is 2.35 bits per heavy atom. The van der Waals surface area contributed by atoms with E-state index in [1.807, 2.05) is 18.4 Å². The first-order valence-electron chi connectivity index (χ1n) is 6.12. The van der Waals surface area contributed by atoms with Gasteiger partial charge in [-0.1, -0.05) is 12.1 Å². The van der Waals surface area contributed by atoms with Gasteiger partial charge in [0.15, 0.2) is 0 Å². The first kappa shape index (κ1) is 14.0. The third-order valence-electron chi connectivity index (χ3n) is 2.78. The van der Waals surface area contributed by atoms with E-state index >= 15 is 0 Å². The fourth-order valence-electron chi connectivity index (χ4n) is 1.75. The highest BCUT2D eigenvalue weighted by molar-refractivity contribution is 7.07. The Balaban J connectivity index is 1.89. The molecule has 0 bridgehead atoms. The number of aromatic nitrogens is 1. The van der Waals surface area contributed by atoms with E-state index in [9.17, 15) is 4.79 Å². The number of hydrogen-bond acceptors (Lipinski definition) is 4. The number of carbonyl (C=O) groups excluding carboxylic acids is 1. The first-order valence-corrected chi connectivity index (χ1v) is 7.06. The zero-order valence-corrected chi connectivity index (χ0v) is 11.8. The number of nitrogens with one attached hydrogen (secondary N) is 2. The summed E-state index contributed by atoms with van der Waals surface area (Å²) in [5.41, 5.74) is 4.58. The third kappa shape index (κ3) is 3.56. The predicted octanol–water partition coefficient (Wildman–Crippen LogP) is 2.69. The number of rotatable bonds is 4. The summed E-state index contributed by atoms with van der Waals surface area (Å²) in [5.74, 6) is 0. The fourth-order valence-corrected chi connectivity index (χ4v) is 2.34. The van der Waals surface area contributed by atoms with Crippen LogP contribution in [0, 0.1) is 18.3 Å². The van der Waals surface area contributed by atoms with Crippen LogP contribution in [0.2, 0.25) is 0 Å². The number of benzene rings is 1. The second-order valence-corrected chi connectivity index (χ2v) is 4.94. The minimum absolute atomic E-state index is 0.317. The second-order valence-electron chi connectivity index (χ2n) is 4.22. The van der Waals surface area contributed by atoms with Crippen LogP contribution in [0.3, 0.4) is 0 Å². The van der Waals surface area contributed by atoms with E-state index in [1.54, 1.807) is 17.6 Å². The van der Waals surface area contributed by atoms with Crippen molar-refractivity contribution in [2.75, 3.05) is 11.9 Å². The highest BCUT2D eigenvalue weighted by Crippen LogP contribution is 2.17. The van der Waals surface area contributed by atoms with Crippen molar-refractivity contribution in [3.8, 4) is 6.07 Å². The van der Waals surface area contributed by atoms with Crippen molar-refractivity contribution in [1.29, 1.82) is 5.26 Å². The summed E-state index contributed by atoms with van der Waals surface area (Å²) in [7, 11) is 0. The number of carbonyl (C=O) groups is 1. The molecule has 20 heavy (non-hydrogen) atoms. The van der Waals surface area contributed by atoms with Crippen molar-refractivity contribution < 1.29 is 4.79 Å². The molecule has 0 aliphatic carbocycles. The molecule has 2 N–H and O–H groups in total. The van der Waals surface area contributed by atoms with E-state index in [0.29, 0.717) is 24.2 Å². The molecule has 0 spiro atoms. The van der Waals surface area contributed by atoms with Crippen LogP contribution in [0.15, 0.2) is 29.1 Å². The highest BCUT2D eigenvalue weighted by atomic mass is 32.1. The van der Waals surface area contributed by atoms with Gasteiger partial charge in [0.25, 0.3) is 0 Å². The van der Waals surface area contributed by atoms with Crippen LogP contribution >= 0.6 is 11.3 Å². The third-order valence-corrected chi connectivity index (χ3v) is 3.42. The molecule has 0 fully saturated rings. The molecular weight excluding hydrogens is 272 g/mol. The lowest BCUT2D eigenvalue weighted by atomic mass is 10.1. The summed E-state index contributed by atoms with van der Waals surface area (Å²) in [6.45, 7) is 2.34. The van der Waals surface area contributed by atoms with Gasteiger partial charge in [0.2, 0.25) is 0 Å². The SMILES string of the molecule is Cc1cccc(NC(=O)NCCc2cscn2)c1C#N. The lowest BCUT2D eigenvalue weighted by Gasteiger charge is -2.09. The largest absolute Gasteiger partial charge is 0.337 e. The molecule has 0 saturated heterocycles. The summed E-state index contributed by atoms with van der Waals surface area (Å²) >= 11 is 1.53. The van der Waals surface area contributed by atoms with Gasteiger partial charge in [-0.2, -0.15) is 5.26 Å². The number of hydrogen-bond donors (Lipinski definition) is 2. The first-order chi connectivity index (χ1) is 9.70. The van der Waals surface area contributed by atoms with Crippen LogP contribution in [0.5, 0.6) is 0 Å². The number of amides is 2. The lowest BCUT2D eigenvalue weighted by molar-refractivity contribution is 0.252. The van der Waals surface area contributed by atoms with E-state index in [1.165, 1.54) is 11.3 Å². The molecular formula is C14H14N4OS. The van der Waals surface area contributed by atoms with Gasteiger partial charge < -0.3 is 10.6 Å². The zero-order chi connectivity index (χ0) is 14.4. The quantitative estimate of drug-likeness (QED) is 0.907. The molecule has 1 aromatic heterocycles. The number of urea groups is 1. The molecule has 0 atom stereocenters. The maximum absolute atomic E-state index is 11.8. The van der Waals surface area contributed by atoms with E-state index in [4.69, 9.17) is 5.26 Å². The van der Waals surface area contributed by atoms with Gasteiger partial charge >= 0.3 is 6.03 Å². The Morgan fingerprint density at radius 1 is 1.50 bits per heavy atom. The van der Waals surface area contributed by atoms with Gasteiger partial charge in [-0.15, -0.1) is 11.3 Å². The highest BCUT2D eigenvalue weighted by Gasteiger charge is 2.08. The molecule has 102 valence electrons. The van der Waals surface area contributed by atoms with E-state index in [2.05, 4.69) is 21.7 Å². The number of aryl methyl sites for hydroxylation is 1.